The lowest BCUT2D eigenvalue weighted by atomic mass is 10.1. The number of aliphatic hydroxyl groups excluding tert-OH is 1. The fourth-order valence-electron chi connectivity index (χ4n) is 3.87. The largest absolute Gasteiger partial charge is 0.399 e. The molecule has 2 heterocycles. The third-order valence-corrected chi connectivity index (χ3v) is 5.35. The number of β-amino-alcohol motifs (C(OH)–C–C–N with tert-alkyl or cyclic N) is 1. The molecule has 0 radical (unpaired) electrons. The number of aliphatic hydroxyl groups is 1. The van der Waals surface area contributed by atoms with E-state index in [1.807, 2.05) is 13.0 Å². The molecule has 0 amide bonds. The minimum absolute atomic E-state index is 0.294. The summed E-state index contributed by atoms with van der Waals surface area (Å²) in [4.78, 5) is 7.28. The van der Waals surface area contributed by atoms with Gasteiger partial charge in [0.1, 0.15) is 0 Å². The monoisotopic (exact) mass is 332 g/mol. The number of aryl methyl sites for hydroxylation is 1. The number of hydrogen-bond acceptors (Lipinski definition) is 5. The first kappa shape index (κ1) is 17.5. The molecule has 24 heavy (non-hydrogen) atoms. The van der Waals surface area contributed by atoms with Crippen molar-refractivity contribution in [3.63, 3.8) is 0 Å². The van der Waals surface area contributed by atoms with Gasteiger partial charge in [-0.2, -0.15) is 0 Å². The molecule has 1 aromatic carbocycles. The lowest BCUT2D eigenvalue weighted by molar-refractivity contribution is 0.130. The van der Waals surface area contributed by atoms with E-state index in [0.29, 0.717) is 6.54 Å². The summed E-state index contributed by atoms with van der Waals surface area (Å²) in [7, 11) is 0. The van der Waals surface area contributed by atoms with Crippen LogP contribution in [0.1, 0.15) is 24.8 Å². The smallest absolute Gasteiger partial charge is 0.0841 e. The minimum atomic E-state index is -0.294. The van der Waals surface area contributed by atoms with Gasteiger partial charge in [0, 0.05) is 37.6 Å². The molecule has 1 atom stereocenters. The maximum Gasteiger partial charge on any atom is 0.0841 e. The van der Waals surface area contributed by atoms with Crippen LogP contribution in [0.5, 0.6) is 0 Å². The van der Waals surface area contributed by atoms with Gasteiger partial charge >= 0.3 is 0 Å². The zero-order valence-electron chi connectivity index (χ0n) is 15.0. The number of nitrogen functional groups attached to an aromatic ring is 1. The average molecular weight is 332 g/mol. The summed E-state index contributed by atoms with van der Waals surface area (Å²) in [5, 5.41) is 10.4. The number of hydrogen-bond donors (Lipinski definition) is 2. The Kier molecular flexibility index (Phi) is 5.98. The van der Waals surface area contributed by atoms with Gasteiger partial charge in [-0.3, -0.25) is 4.90 Å². The van der Waals surface area contributed by atoms with Crippen LogP contribution in [0.2, 0.25) is 0 Å². The molecule has 2 aliphatic heterocycles. The Morgan fingerprint density at radius 2 is 1.79 bits per heavy atom. The molecule has 134 valence electrons. The fraction of sp³-hybridized carbons (Fsp3) is 0.684. The highest BCUT2D eigenvalue weighted by Crippen LogP contribution is 2.22. The molecule has 5 nitrogen and oxygen atoms in total. The zero-order valence-corrected chi connectivity index (χ0v) is 15.0. The van der Waals surface area contributed by atoms with Crippen LogP contribution in [-0.4, -0.2) is 73.4 Å². The fourth-order valence-corrected chi connectivity index (χ4v) is 3.87. The molecule has 5 heteroatoms. The van der Waals surface area contributed by atoms with Gasteiger partial charge in [0.2, 0.25) is 0 Å². The molecule has 2 aliphatic rings. The van der Waals surface area contributed by atoms with E-state index >= 15 is 0 Å². The predicted octanol–water partition coefficient (Wildman–Crippen LogP) is 1.55. The van der Waals surface area contributed by atoms with Crippen molar-refractivity contribution in [1.29, 1.82) is 0 Å². The second-order valence-electron chi connectivity index (χ2n) is 7.34. The van der Waals surface area contributed by atoms with Gasteiger partial charge in [-0.15, -0.1) is 0 Å². The molecule has 0 aliphatic carbocycles. The van der Waals surface area contributed by atoms with E-state index in [1.54, 1.807) is 0 Å². The number of nitrogens with zero attached hydrogens (tertiary/aromatic N) is 3. The van der Waals surface area contributed by atoms with Crippen molar-refractivity contribution in [2.24, 2.45) is 0 Å². The van der Waals surface area contributed by atoms with Crippen LogP contribution in [0.15, 0.2) is 18.2 Å². The maximum absolute atomic E-state index is 10.4. The van der Waals surface area contributed by atoms with E-state index in [2.05, 4.69) is 26.8 Å². The van der Waals surface area contributed by atoms with E-state index in [0.717, 1.165) is 37.4 Å². The second-order valence-corrected chi connectivity index (χ2v) is 7.34. The molecule has 3 N–H and O–H groups in total. The predicted molar refractivity (Wildman–Crippen MR) is 101 cm³/mol. The summed E-state index contributed by atoms with van der Waals surface area (Å²) in [5.74, 6) is 0. The molecule has 2 fully saturated rings. The van der Waals surface area contributed by atoms with Crippen molar-refractivity contribution >= 4 is 11.4 Å². The Hall–Kier alpha value is -1.30. The highest BCUT2D eigenvalue weighted by molar-refractivity contribution is 5.58. The van der Waals surface area contributed by atoms with Gasteiger partial charge in [0.05, 0.1) is 6.10 Å². The lowest BCUT2D eigenvalue weighted by Gasteiger charge is -2.25. The van der Waals surface area contributed by atoms with Crippen molar-refractivity contribution < 1.29 is 5.11 Å². The van der Waals surface area contributed by atoms with Crippen LogP contribution in [0, 0.1) is 6.92 Å². The number of rotatable bonds is 5. The van der Waals surface area contributed by atoms with Crippen LogP contribution >= 0.6 is 0 Å². The van der Waals surface area contributed by atoms with Crippen molar-refractivity contribution in [3.8, 4) is 0 Å². The van der Waals surface area contributed by atoms with Gasteiger partial charge < -0.3 is 20.6 Å². The van der Waals surface area contributed by atoms with E-state index in [4.69, 9.17) is 5.73 Å². The third kappa shape index (κ3) is 4.62. The van der Waals surface area contributed by atoms with E-state index in [1.165, 1.54) is 44.6 Å². The molecule has 0 spiro atoms. The number of benzene rings is 1. The SMILES string of the molecule is Cc1cc(N2CCN(CCCN3CCCC3)CC(O)C2)ccc1N. The summed E-state index contributed by atoms with van der Waals surface area (Å²) < 4.78 is 0. The highest BCUT2D eigenvalue weighted by Gasteiger charge is 2.21. The normalized spacial score (nSPS) is 23.6. The van der Waals surface area contributed by atoms with Gasteiger partial charge in [-0.05, 0) is 76.1 Å². The highest BCUT2D eigenvalue weighted by atomic mass is 16.3. The summed E-state index contributed by atoms with van der Waals surface area (Å²) in [6, 6.07) is 6.17. The van der Waals surface area contributed by atoms with Crippen molar-refractivity contribution in [3.05, 3.63) is 23.8 Å². The number of anilines is 2. The number of nitrogens with two attached hydrogens (primary N) is 1. The third-order valence-electron chi connectivity index (χ3n) is 5.35. The first-order valence-electron chi connectivity index (χ1n) is 9.35. The topological polar surface area (TPSA) is 56.0 Å². The standard InChI is InChI=1S/C19H32N4O/c1-16-13-17(5-6-19(16)20)23-12-11-22(14-18(24)15-23)10-4-9-21-7-2-3-8-21/h5-6,13,18,24H,2-4,7-12,14-15,20H2,1H3. The Bertz CT molecular complexity index is 530. The van der Waals surface area contributed by atoms with Crippen molar-refractivity contribution in [2.45, 2.75) is 32.3 Å². The van der Waals surface area contributed by atoms with Gasteiger partial charge in [0.25, 0.3) is 0 Å². The van der Waals surface area contributed by atoms with E-state index in [-0.39, 0.29) is 6.10 Å². The molecule has 1 unspecified atom stereocenters. The minimum Gasteiger partial charge on any atom is -0.399 e. The summed E-state index contributed by atoms with van der Waals surface area (Å²) in [6.45, 7) is 10.3. The average Bonchev–Trinajstić information content (AvgIpc) is 2.99. The number of likely N-dealkylation sites (tertiary alicyclic amines) is 1. The molecule has 2 saturated heterocycles. The van der Waals surface area contributed by atoms with Crippen LogP contribution in [0.4, 0.5) is 11.4 Å². The first-order chi connectivity index (χ1) is 11.6. The van der Waals surface area contributed by atoms with Gasteiger partial charge in [-0.1, -0.05) is 0 Å². The molecular weight excluding hydrogens is 300 g/mol. The lowest BCUT2D eigenvalue weighted by Crippen LogP contribution is -2.35. The van der Waals surface area contributed by atoms with Gasteiger partial charge in [0.15, 0.2) is 0 Å². The van der Waals surface area contributed by atoms with E-state index in [9.17, 15) is 5.11 Å². The first-order valence-corrected chi connectivity index (χ1v) is 9.35. The summed E-state index contributed by atoms with van der Waals surface area (Å²) >= 11 is 0. The molecule has 0 aromatic heterocycles. The second kappa shape index (κ2) is 8.19. The zero-order chi connectivity index (χ0) is 16.9. The van der Waals surface area contributed by atoms with Crippen molar-refractivity contribution in [2.75, 3.05) is 63.0 Å². The Morgan fingerprint density at radius 3 is 2.54 bits per heavy atom. The Balaban J connectivity index is 1.51. The molecule has 0 saturated carbocycles. The summed E-state index contributed by atoms with van der Waals surface area (Å²) in [5.41, 5.74) is 9.03. The summed E-state index contributed by atoms with van der Waals surface area (Å²) in [6.07, 6.45) is 3.63. The molecule has 0 bridgehead atoms. The van der Waals surface area contributed by atoms with E-state index < -0.39 is 0 Å². The van der Waals surface area contributed by atoms with Crippen LogP contribution in [0.25, 0.3) is 0 Å². The van der Waals surface area contributed by atoms with Crippen LogP contribution in [-0.2, 0) is 0 Å². The van der Waals surface area contributed by atoms with Crippen molar-refractivity contribution in [1.82, 2.24) is 9.80 Å². The molecule has 3 rings (SSSR count). The molecular formula is C19H32N4O. The van der Waals surface area contributed by atoms with Crippen LogP contribution < -0.4 is 10.6 Å². The molecule has 1 aromatic rings. The Morgan fingerprint density at radius 1 is 1.04 bits per heavy atom. The van der Waals surface area contributed by atoms with Gasteiger partial charge in [-0.25, -0.2) is 0 Å². The quantitative estimate of drug-likeness (QED) is 0.801. The van der Waals surface area contributed by atoms with Crippen LogP contribution in [0.3, 0.4) is 0 Å². The maximum atomic E-state index is 10.4. The Labute approximate surface area is 146 Å².